The molecule has 1 amide bonds. The number of amides is 1. The minimum atomic E-state index is -0.836. The minimum Gasteiger partial charge on any atom is -0.618 e. The maximum Gasteiger partial charge on any atom is 0.405 e. The van der Waals surface area contributed by atoms with Crippen molar-refractivity contribution in [2.45, 2.75) is 19.4 Å². The number of carbonyl (C=O) groups excluding carboxylic acids is 2. The number of nitrogens with one attached hydrogen (secondary N) is 1. The molecule has 0 saturated heterocycles. The van der Waals surface area contributed by atoms with Gasteiger partial charge in [0.1, 0.15) is 0 Å². The number of hydrogen-bond donors (Lipinski definition) is 1. The highest BCUT2D eigenvalue weighted by atomic mass is 79.9. The molecule has 1 aromatic carbocycles. The average molecular weight is 393 g/mol. The molecular formula is C17H17BrN2O4. The molecule has 0 aliphatic heterocycles. The summed E-state index contributed by atoms with van der Waals surface area (Å²) in [7, 11) is 0. The summed E-state index contributed by atoms with van der Waals surface area (Å²) in [5, 5.41) is 14.3. The first-order valence-corrected chi connectivity index (χ1v) is 8.20. The summed E-state index contributed by atoms with van der Waals surface area (Å²) in [5.74, 6) is -1.26. The molecule has 1 heterocycles. The van der Waals surface area contributed by atoms with E-state index in [1.807, 2.05) is 31.2 Å². The molecule has 126 valence electrons. The molecule has 0 bridgehead atoms. The van der Waals surface area contributed by atoms with Crippen molar-refractivity contribution < 1.29 is 19.1 Å². The molecule has 24 heavy (non-hydrogen) atoms. The summed E-state index contributed by atoms with van der Waals surface area (Å²) >= 11 is 3.36. The van der Waals surface area contributed by atoms with Crippen LogP contribution in [0.2, 0.25) is 0 Å². The van der Waals surface area contributed by atoms with Crippen LogP contribution in [0.1, 0.15) is 35.4 Å². The fourth-order valence-electron chi connectivity index (χ4n) is 2.14. The van der Waals surface area contributed by atoms with E-state index in [2.05, 4.69) is 21.2 Å². The SMILES string of the molecule is CC[C@@H](NC(=O)COC(=O)c1cccc[n+]1[O-])c1ccc(Br)cc1. The van der Waals surface area contributed by atoms with Gasteiger partial charge in [-0.3, -0.25) is 4.79 Å². The van der Waals surface area contributed by atoms with E-state index in [1.165, 1.54) is 18.3 Å². The summed E-state index contributed by atoms with van der Waals surface area (Å²) in [6.45, 7) is 1.50. The zero-order chi connectivity index (χ0) is 17.5. The highest BCUT2D eigenvalue weighted by molar-refractivity contribution is 9.10. The number of ether oxygens (including phenoxy) is 1. The Balaban J connectivity index is 1.91. The molecule has 0 saturated carbocycles. The molecule has 0 aliphatic carbocycles. The van der Waals surface area contributed by atoms with Crippen molar-refractivity contribution in [2.24, 2.45) is 0 Å². The van der Waals surface area contributed by atoms with Gasteiger partial charge in [0.25, 0.3) is 5.91 Å². The van der Waals surface area contributed by atoms with Crippen molar-refractivity contribution in [1.29, 1.82) is 0 Å². The van der Waals surface area contributed by atoms with Gasteiger partial charge < -0.3 is 15.3 Å². The van der Waals surface area contributed by atoms with Crippen LogP contribution in [-0.4, -0.2) is 18.5 Å². The molecule has 1 aromatic heterocycles. The van der Waals surface area contributed by atoms with Crippen molar-refractivity contribution >= 4 is 27.8 Å². The van der Waals surface area contributed by atoms with Crippen molar-refractivity contribution in [3.05, 3.63) is 69.6 Å². The molecular weight excluding hydrogens is 376 g/mol. The Bertz CT molecular complexity index is 719. The number of hydrogen-bond acceptors (Lipinski definition) is 4. The number of rotatable bonds is 6. The van der Waals surface area contributed by atoms with Crippen LogP contribution >= 0.6 is 15.9 Å². The largest absolute Gasteiger partial charge is 0.618 e. The molecule has 0 radical (unpaired) electrons. The predicted octanol–water partition coefficient (Wildman–Crippen LogP) is 2.51. The van der Waals surface area contributed by atoms with Gasteiger partial charge in [0, 0.05) is 16.6 Å². The van der Waals surface area contributed by atoms with Crippen LogP contribution in [0.4, 0.5) is 0 Å². The fourth-order valence-corrected chi connectivity index (χ4v) is 2.41. The Hall–Kier alpha value is -2.41. The average Bonchev–Trinajstić information content (AvgIpc) is 2.59. The van der Waals surface area contributed by atoms with Gasteiger partial charge >= 0.3 is 11.7 Å². The monoisotopic (exact) mass is 392 g/mol. The zero-order valence-corrected chi connectivity index (χ0v) is 14.7. The molecule has 1 N–H and O–H groups in total. The van der Waals surface area contributed by atoms with Crippen LogP contribution < -0.4 is 10.0 Å². The van der Waals surface area contributed by atoms with Crippen LogP contribution in [0.15, 0.2) is 53.1 Å². The summed E-state index contributed by atoms with van der Waals surface area (Å²) in [6, 6.07) is 11.8. The smallest absolute Gasteiger partial charge is 0.405 e. The number of halogens is 1. The van der Waals surface area contributed by atoms with Crippen molar-refractivity contribution in [2.75, 3.05) is 6.61 Å². The van der Waals surface area contributed by atoms with Crippen LogP contribution in [0.5, 0.6) is 0 Å². The number of esters is 1. The van der Waals surface area contributed by atoms with E-state index < -0.39 is 18.5 Å². The zero-order valence-electron chi connectivity index (χ0n) is 13.1. The Morgan fingerprint density at radius 3 is 2.58 bits per heavy atom. The summed E-state index contributed by atoms with van der Waals surface area (Å²) in [6.07, 6.45) is 1.89. The highest BCUT2D eigenvalue weighted by Crippen LogP contribution is 2.19. The van der Waals surface area contributed by atoms with Crippen LogP contribution in [0, 0.1) is 5.21 Å². The molecule has 1 atom stereocenters. The number of benzene rings is 1. The molecule has 2 aromatic rings. The first-order chi connectivity index (χ1) is 11.5. The summed E-state index contributed by atoms with van der Waals surface area (Å²) < 4.78 is 6.25. The molecule has 7 heteroatoms. The van der Waals surface area contributed by atoms with E-state index in [0.29, 0.717) is 11.2 Å². The van der Waals surface area contributed by atoms with Gasteiger partial charge in [-0.25, -0.2) is 4.79 Å². The molecule has 0 aliphatic rings. The Morgan fingerprint density at radius 1 is 1.25 bits per heavy atom. The molecule has 0 unspecified atom stereocenters. The van der Waals surface area contributed by atoms with Crippen molar-refractivity contribution in [1.82, 2.24) is 5.32 Å². The maximum absolute atomic E-state index is 12.0. The van der Waals surface area contributed by atoms with Crippen molar-refractivity contribution in [3.8, 4) is 0 Å². The number of aromatic nitrogens is 1. The second-order valence-electron chi connectivity index (χ2n) is 5.07. The second kappa shape index (κ2) is 8.44. The number of nitrogens with zero attached hydrogens (tertiary/aromatic N) is 1. The molecule has 2 rings (SSSR count). The Kier molecular flexibility index (Phi) is 6.31. The van der Waals surface area contributed by atoms with Gasteiger partial charge in [-0.05, 0) is 30.2 Å². The van der Waals surface area contributed by atoms with Gasteiger partial charge in [-0.1, -0.05) is 35.0 Å². The minimum absolute atomic E-state index is 0.162. The lowest BCUT2D eigenvalue weighted by Gasteiger charge is -2.17. The topological polar surface area (TPSA) is 82.3 Å². The summed E-state index contributed by atoms with van der Waals surface area (Å²) in [4.78, 5) is 23.8. The maximum atomic E-state index is 12.0. The quantitative estimate of drug-likeness (QED) is 0.465. The third kappa shape index (κ3) is 4.79. The Morgan fingerprint density at radius 2 is 1.96 bits per heavy atom. The van der Waals surface area contributed by atoms with Gasteiger partial charge in [0.15, 0.2) is 12.8 Å². The second-order valence-corrected chi connectivity index (χ2v) is 5.98. The Labute approximate surface area is 148 Å². The molecule has 0 spiro atoms. The fraction of sp³-hybridized carbons (Fsp3) is 0.235. The lowest BCUT2D eigenvalue weighted by molar-refractivity contribution is -0.608. The first-order valence-electron chi connectivity index (χ1n) is 7.41. The normalized spacial score (nSPS) is 11.6. The summed E-state index contributed by atoms with van der Waals surface area (Å²) in [5.41, 5.74) is 0.797. The van der Waals surface area contributed by atoms with E-state index in [0.717, 1.165) is 10.0 Å². The molecule has 6 nitrogen and oxygen atoms in total. The van der Waals surface area contributed by atoms with Gasteiger partial charge in [-0.15, -0.1) is 0 Å². The van der Waals surface area contributed by atoms with Gasteiger partial charge in [-0.2, -0.15) is 4.73 Å². The van der Waals surface area contributed by atoms with E-state index in [1.54, 1.807) is 6.07 Å². The van der Waals surface area contributed by atoms with Gasteiger partial charge in [0.2, 0.25) is 0 Å². The van der Waals surface area contributed by atoms with E-state index in [9.17, 15) is 14.8 Å². The van der Waals surface area contributed by atoms with Gasteiger partial charge in [0.05, 0.1) is 6.04 Å². The lowest BCUT2D eigenvalue weighted by atomic mass is 10.0. The van der Waals surface area contributed by atoms with Crippen LogP contribution in [0.3, 0.4) is 0 Å². The first kappa shape index (κ1) is 17.9. The van der Waals surface area contributed by atoms with E-state index in [-0.39, 0.29) is 11.7 Å². The third-order valence-corrected chi connectivity index (χ3v) is 3.91. The number of pyridine rings is 1. The molecule has 0 fully saturated rings. The lowest BCUT2D eigenvalue weighted by Crippen LogP contribution is -2.37. The van der Waals surface area contributed by atoms with E-state index >= 15 is 0 Å². The van der Waals surface area contributed by atoms with E-state index in [4.69, 9.17) is 4.74 Å². The van der Waals surface area contributed by atoms with Crippen molar-refractivity contribution in [3.63, 3.8) is 0 Å². The third-order valence-electron chi connectivity index (χ3n) is 3.38. The van der Waals surface area contributed by atoms with Crippen LogP contribution in [-0.2, 0) is 9.53 Å². The number of carbonyl (C=O) groups is 2. The predicted molar refractivity (Wildman–Crippen MR) is 91.0 cm³/mol. The highest BCUT2D eigenvalue weighted by Gasteiger charge is 2.19. The van der Waals surface area contributed by atoms with Crippen LogP contribution in [0.25, 0.3) is 0 Å². The standard InChI is InChI=1S/C17H17BrN2O4/c1-2-14(12-6-8-13(18)9-7-12)19-16(21)11-24-17(22)15-5-3-4-10-20(15)23/h3-10,14H,2,11H2,1H3,(H,19,21)/t14-/m1/s1.